The molecule has 1 aliphatic rings. The van der Waals surface area contributed by atoms with Gasteiger partial charge in [-0.25, -0.2) is 4.98 Å². The zero-order valence-corrected chi connectivity index (χ0v) is 13.0. The second kappa shape index (κ2) is 5.73. The van der Waals surface area contributed by atoms with Gasteiger partial charge in [-0.15, -0.1) is 0 Å². The summed E-state index contributed by atoms with van der Waals surface area (Å²) in [5.41, 5.74) is 2.97. The van der Waals surface area contributed by atoms with Crippen molar-refractivity contribution in [3.63, 3.8) is 0 Å². The number of aryl methyl sites for hydroxylation is 1. The minimum Gasteiger partial charge on any atom is -0.489 e. The summed E-state index contributed by atoms with van der Waals surface area (Å²) >= 11 is 3.34. The highest BCUT2D eigenvalue weighted by Crippen LogP contribution is 2.31. The molecule has 1 aromatic heterocycles. The molecule has 0 atom stereocenters. The first-order valence-electron chi connectivity index (χ1n) is 6.58. The molecule has 2 aromatic rings. The number of aromatic nitrogens is 1. The van der Waals surface area contributed by atoms with Crippen LogP contribution in [0.1, 0.15) is 15.9 Å². The molecular formula is C15H14BrN3O2. The summed E-state index contributed by atoms with van der Waals surface area (Å²) in [5, 5.41) is 6.06. The van der Waals surface area contributed by atoms with Crippen LogP contribution >= 0.6 is 15.9 Å². The van der Waals surface area contributed by atoms with E-state index in [4.69, 9.17) is 4.74 Å². The Morgan fingerprint density at radius 2 is 2.33 bits per heavy atom. The summed E-state index contributed by atoms with van der Waals surface area (Å²) in [7, 11) is 0. The number of anilines is 2. The van der Waals surface area contributed by atoms with Crippen LogP contribution in [0.4, 0.5) is 11.4 Å². The highest BCUT2D eigenvalue weighted by molar-refractivity contribution is 9.10. The lowest BCUT2D eigenvalue weighted by molar-refractivity contribution is 0.102. The zero-order chi connectivity index (χ0) is 14.8. The topological polar surface area (TPSA) is 63.2 Å². The first-order chi connectivity index (χ1) is 10.1. The molecule has 1 aliphatic heterocycles. The van der Waals surface area contributed by atoms with Gasteiger partial charge >= 0.3 is 0 Å². The van der Waals surface area contributed by atoms with Crippen LogP contribution in [0.5, 0.6) is 5.75 Å². The number of fused-ring (bicyclic) bond motifs is 1. The normalized spacial score (nSPS) is 12.9. The average molecular weight is 348 g/mol. The molecule has 2 N–H and O–H groups in total. The first-order valence-corrected chi connectivity index (χ1v) is 7.37. The quantitative estimate of drug-likeness (QED) is 0.818. The molecule has 1 aromatic carbocycles. The van der Waals surface area contributed by atoms with Crippen molar-refractivity contribution in [1.82, 2.24) is 4.98 Å². The number of nitrogens with zero attached hydrogens (tertiary/aromatic N) is 1. The minimum atomic E-state index is -0.209. The molecule has 3 rings (SSSR count). The molecule has 0 spiro atoms. The number of rotatable bonds is 2. The Bertz CT molecular complexity index is 703. The van der Waals surface area contributed by atoms with Gasteiger partial charge in [0.2, 0.25) is 0 Å². The maximum Gasteiger partial charge on any atom is 0.259 e. The van der Waals surface area contributed by atoms with E-state index in [0.717, 1.165) is 22.4 Å². The van der Waals surface area contributed by atoms with Gasteiger partial charge in [-0.1, -0.05) is 6.07 Å². The van der Waals surface area contributed by atoms with Crippen molar-refractivity contribution in [2.75, 3.05) is 23.8 Å². The summed E-state index contributed by atoms with van der Waals surface area (Å²) in [6.45, 7) is 3.22. The first kappa shape index (κ1) is 13.9. The summed E-state index contributed by atoms with van der Waals surface area (Å²) in [4.78, 5) is 16.6. The van der Waals surface area contributed by atoms with Gasteiger partial charge in [0.25, 0.3) is 5.91 Å². The number of carbonyl (C=O) groups excluding carboxylic acids is 1. The summed E-state index contributed by atoms with van der Waals surface area (Å²) in [6.07, 6.45) is 1.61. The molecule has 0 unspecified atom stereocenters. The van der Waals surface area contributed by atoms with E-state index in [0.29, 0.717) is 23.6 Å². The van der Waals surface area contributed by atoms with E-state index >= 15 is 0 Å². The van der Waals surface area contributed by atoms with Gasteiger partial charge in [0, 0.05) is 6.54 Å². The monoisotopic (exact) mass is 347 g/mol. The molecule has 5 nitrogen and oxygen atoms in total. The molecule has 0 radical (unpaired) electrons. The maximum absolute atomic E-state index is 12.4. The Labute approximate surface area is 130 Å². The van der Waals surface area contributed by atoms with Crippen LogP contribution in [0.2, 0.25) is 0 Å². The van der Waals surface area contributed by atoms with E-state index in [2.05, 4.69) is 31.5 Å². The molecule has 1 amide bonds. The molecule has 0 saturated heterocycles. The van der Waals surface area contributed by atoms with Gasteiger partial charge in [-0.05, 0) is 46.6 Å². The summed E-state index contributed by atoms with van der Waals surface area (Å²) in [5.74, 6) is 0.391. The number of amides is 1. The number of hydrogen-bond donors (Lipinski definition) is 2. The van der Waals surface area contributed by atoms with E-state index in [1.54, 1.807) is 12.3 Å². The SMILES string of the molecule is Cc1cc(NC(=O)c2cccc3c2OCCN3)cnc1Br. The molecular weight excluding hydrogens is 334 g/mol. The van der Waals surface area contributed by atoms with Crippen LogP contribution in [-0.4, -0.2) is 24.0 Å². The standard InChI is InChI=1S/C15H14BrN3O2/c1-9-7-10(8-18-14(9)16)19-15(20)11-3-2-4-12-13(11)21-6-5-17-12/h2-4,7-8,17H,5-6H2,1H3,(H,19,20). The second-order valence-corrected chi connectivity index (χ2v) is 5.49. The summed E-state index contributed by atoms with van der Waals surface area (Å²) in [6, 6.07) is 7.35. The van der Waals surface area contributed by atoms with Crippen LogP contribution in [0.15, 0.2) is 35.1 Å². The van der Waals surface area contributed by atoms with Gasteiger partial charge < -0.3 is 15.4 Å². The number of carbonyl (C=O) groups is 1. The van der Waals surface area contributed by atoms with Crippen LogP contribution in [0, 0.1) is 6.92 Å². The van der Waals surface area contributed by atoms with E-state index in [9.17, 15) is 4.79 Å². The van der Waals surface area contributed by atoms with Crippen LogP contribution in [0.3, 0.4) is 0 Å². The number of halogens is 1. The Morgan fingerprint density at radius 1 is 1.48 bits per heavy atom. The highest BCUT2D eigenvalue weighted by atomic mass is 79.9. The van der Waals surface area contributed by atoms with Crippen LogP contribution in [0.25, 0.3) is 0 Å². The molecule has 0 fully saturated rings. The number of ether oxygens (including phenoxy) is 1. The number of hydrogen-bond acceptors (Lipinski definition) is 4. The molecule has 0 aliphatic carbocycles. The van der Waals surface area contributed by atoms with Gasteiger partial charge in [0.1, 0.15) is 11.2 Å². The Morgan fingerprint density at radius 3 is 3.14 bits per heavy atom. The van der Waals surface area contributed by atoms with Crippen molar-refractivity contribution in [3.8, 4) is 5.75 Å². The number of benzene rings is 1. The lowest BCUT2D eigenvalue weighted by Gasteiger charge is -2.21. The molecule has 21 heavy (non-hydrogen) atoms. The van der Waals surface area contributed by atoms with E-state index in [1.165, 1.54) is 0 Å². The van der Waals surface area contributed by atoms with Gasteiger partial charge in [-0.3, -0.25) is 4.79 Å². The Hall–Kier alpha value is -2.08. The smallest absolute Gasteiger partial charge is 0.259 e. The lowest BCUT2D eigenvalue weighted by atomic mass is 10.1. The number of nitrogens with one attached hydrogen (secondary N) is 2. The fourth-order valence-electron chi connectivity index (χ4n) is 2.17. The molecule has 0 saturated carbocycles. The maximum atomic E-state index is 12.4. The van der Waals surface area contributed by atoms with Crippen molar-refractivity contribution < 1.29 is 9.53 Å². The lowest BCUT2D eigenvalue weighted by Crippen LogP contribution is -2.22. The highest BCUT2D eigenvalue weighted by Gasteiger charge is 2.19. The van der Waals surface area contributed by atoms with E-state index in [-0.39, 0.29) is 5.91 Å². The number of pyridine rings is 1. The van der Waals surface area contributed by atoms with Crippen molar-refractivity contribution in [2.24, 2.45) is 0 Å². The third kappa shape index (κ3) is 2.85. The van der Waals surface area contributed by atoms with E-state index in [1.807, 2.05) is 25.1 Å². The van der Waals surface area contributed by atoms with Gasteiger partial charge in [0.15, 0.2) is 5.75 Å². The largest absolute Gasteiger partial charge is 0.489 e. The third-order valence-electron chi connectivity index (χ3n) is 3.20. The molecule has 6 heteroatoms. The summed E-state index contributed by atoms with van der Waals surface area (Å²) < 4.78 is 6.38. The van der Waals surface area contributed by atoms with Gasteiger partial charge in [0.05, 0.1) is 23.1 Å². The average Bonchev–Trinajstić information content (AvgIpc) is 2.50. The second-order valence-electron chi connectivity index (χ2n) is 4.74. The minimum absolute atomic E-state index is 0.209. The van der Waals surface area contributed by atoms with Crippen molar-refractivity contribution in [3.05, 3.63) is 46.2 Å². The molecule has 0 bridgehead atoms. The van der Waals surface area contributed by atoms with E-state index < -0.39 is 0 Å². The predicted octanol–water partition coefficient (Wildman–Crippen LogP) is 3.21. The third-order valence-corrected chi connectivity index (χ3v) is 4.03. The number of para-hydroxylation sites is 1. The Balaban J connectivity index is 1.87. The van der Waals surface area contributed by atoms with Crippen LogP contribution < -0.4 is 15.4 Å². The van der Waals surface area contributed by atoms with Gasteiger partial charge in [-0.2, -0.15) is 0 Å². The molecule has 108 valence electrons. The fourth-order valence-corrected chi connectivity index (χ4v) is 2.39. The van der Waals surface area contributed by atoms with Crippen molar-refractivity contribution in [1.29, 1.82) is 0 Å². The van der Waals surface area contributed by atoms with Crippen molar-refractivity contribution in [2.45, 2.75) is 6.92 Å². The van der Waals surface area contributed by atoms with Crippen LogP contribution in [-0.2, 0) is 0 Å². The zero-order valence-electron chi connectivity index (χ0n) is 11.4. The van der Waals surface area contributed by atoms with Crippen molar-refractivity contribution >= 4 is 33.2 Å². The fraction of sp³-hybridized carbons (Fsp3) is 0.200. The molecule has 2 heterocycles. The Kier molecular flexibility index (Phi) is 3.79. The predicted molar refractivity (Wildman–Crippen MR) is 85.1 cm³/mol.